The average molecular weight is 503 g/mol. The Kier molecular flexibility index (Phi) is 7.48. The quantitative estimate of drug-likeness (QED) is 0.541. The molecule has 9 heteroatoms. The Hall–Kier alpha value is -2.65. The first-order valence-electron chi connectivity index (χ1n) is 13.0. The summed E-state index contributed by atoms with van der Waals surface area (Å²) in [6.45, 7) is 6.87. The number of alkyl halides is 1. The number of hydrogen-bond acceptors (Lipinski definition) is 7. The van der Waals surface area contributed by atoms with Gasteiger partial charge in [-0.2, -0.15) is 0 Å². The third-order valence-electron chi connectivity index (χ3n) is 7.66. The van der Waals surface area contributed by atoms with E-state index >= 15 is 0 Å². The minimum atomic E-state index is -1.02. The van der Waals surface area contributed by atoms with Gasteiger partial charge in [0.05, 0.1) is 44.5 Å². The number of hydrogen-bond donors (Lipinski definition) is 0. The predicted octanol–water partition coefficient (Wildman–Crippen LogP) is 3.06. The highest BCUT2D eigenvalue weighted by atomic mass is 19.1. The van der Waals surface area contributed by atoms with Gasteiger partial charge in [0.15, 0.2) is 23.0 Å². The molecule has 1 aromatic rings. The van der Waals surface area contributed by atoms with Gasteiger partial charge in [-0.05, 0) is 50.3 Å². The number of amides is 1. The van der Waals surface area contributed by atoms with Crippen molar-refractivity contribution in [3.8, 4) is 11.5 Å². The fourth-order valence-corrected chi connectivity index (χ4v) is 5.86. The number of benzene rings is 1. The molecule has 0 aromatic heterocycles. The fourth-order valence-electron chi connectivity index (χ4n) is 5.86. The largest absolute Gasteiger partial charge is 0.493 e. The van der Waals surface area contributed by atoms with Gasteiger partial charge >= 0.3 is 0 Å². The molecule has 0 spiro atoms. The van der Waals surface area contributed by atoms with Gasteiger partial charge in [-0.15, -0.1) is 0 Å². The van der Waals surface area contributed by atoms with Crippen molar-refractivity contribution < 1.29 is 32.9 Å². The standard InChI is InChI=1S/C27H35FN2O6/c1-3-35-21-7-5-17(15-22(21)33-2)24-23-25(31)19-16-18(28)6-8-20(19)36-26(23)27(32)30(24)10-4-9-29-11-13-34-14-12-29/h5,7,15,18-20,24H,3-4,6,8-14,16H2,1-2H3. The maximum Gasteiger partial charge on any atom is 0.290 e. The number of Topliss-reactive ketones (excluding diaryl/α,β-unsaturated/α-hetero) is 1. The Balaban J connectivity index is 1.46. The predicted molar refractivity (Wildman–Crippen MR) is 130 cm³/mol. The number of rotatable bonds is 8. The highest BCUT2D eigenvalue weighted by Gasteiger charge is 2.52. The third kappa shape index (κ3) is 4.70. The molecule has 0 N–H and O–H groups in total. The summed E-state index contributed by atoms with van der Waals surface area (Å²) in [4.78, 5) is 31.4. The van der Waals surface area contributed by atoms with Crippen molar-refractivity contribution in [3.05, 3.63) is 35.1 Å². The van der Waals surface area contributed by atoms with E-state index in [0.717, 1.165) is 31.6 Å². The molecule has 3 heterocycles. The average Bonchev–Trinajstić information content (AvgIpc) is 3.17. The number of ether oxygens (including phenoxy) is 4. The molecule has 1 saturated carbocycles. The maximum absolute atomic E-state index is 14.3. The van der Waals surface area contributed by atoms with Crippen molar-refractivity contribution in [2.24, 2.45) is 5.92 Å². The van der Waals surface area contributed by atoms with E-state index in [-0.39, 0.29) is 23.9 Å². The molecule has 8 nitrogen and oxygen atoms in total. The molecular weight excluding hydrogens is 467 g/mol. The van der Waals surface area contributed by atoms with Crippen LogP contribution < -0.4 is 9.47 Å². The summed E-state index contributed by atoms with van der Waals surface area (Å²) in [5.74, 6) is 0.292. The lowest BCUT2D eigenvalue weighted by molar-refractivity contribution is -0.136. The number of carbonyl (C=O) groups excluding carboxylic acids is 2. The molecule has 196 valence electrons. The Bertz CT molecular complexity index is 1020. The van der Waals surface area contributed by atoms with Crippen LogP contribution >= 0.6 is 0 Å². The van der Waals surface area contributed by atoms with Crippen molar-refractivity contribution in [3.63, 3.8) is 0 Å². The van der Waals surface area contributed by atoms with Crippen LogP contribution in [0.25, 0.3) is 0 Å². The number of halogens is 1. The molecule has 4 aliphatic rings. The van der Waals surface area contributed by atoms with Crippen molar-refractivity contribution in [2.45, 2.75) is 50.9 Å². The van der Waals surface area contributed by atoms with Gasteiger partial charge in [0, 0.05) is 26.2 Å². The molecule has 36 heavy (non-hydrogen) atoms. The third-order valence-corrected chi connectivity index (χ3v) is 7.66. The van der Waals surface area contributed by atoms with Gasteiger partial charge in [-0.3, -0.25) is 14.5 Å². The van der Waals surface area contributed by atoms with Crippen LogP contribution in [-0.4, -0.2) is 86.9 Å². The summed E-state index contributed by atoms with van der Waals surface area (Å²) in [5, 5.41) is 0. The Labute approximate surface area is 211 Å². The minimum Gasteiger partial charge on any atom is -0.493 e. The normalized spacial score (nSPS) is 28.6. The fraction of sp³-hybridized carbons (Fsp3) is 0.630. The minimum absolute atomic E-state index is 0.141. The molecule has 1 aliphatic carbocycles. The molecule has 1 saturated heterocycles. The van der Waals surface area contributed by atoms with Gasteiger partial charge in [-0.25, -0.2) is 4.39 Å². The van der Waals surface area contributed by atoms with E-state index in [1.807, 2.05) is 25.1 Å². The number of methoxy groups -OCH3 is 1. The number of morpholine rings is 1. The summed E-state index contributed by atoms with van der Waals surface area (Å²) >= 11 is 0. The molecule has 1 amide bonds. The van der Waals surface area contributed by atoms with Gasteiger partial charge in [0.1, 0.15) is 12.3 Å². The highest BCUT2D eigenvalue weighted by molar-refractivity contribution is 6.11. The first-order valence-corrected chi connectivity index (χ1v) is 13.0. The van der Waals surface area contributed by atoms with Crippen LogP contribution in [0.5, 0.6) is 11.5 Å². The first kappa shape index (κ1) is 25.0. The van der Waals surface area contributed by atoms with Gasteiger partial charge < -0.3 is 23.8 Å². The lowest BCUT2D eigenvalue weighted by atomic mass is 9.77. The van der Waals surface area contributed by atoms with E-state index in [1.165, 1.54) is 0 Å². The second-order valence-electron chi connectivity index (χ2n) is 9.83. The second kappa shape index (κ2) is 10.8. The van der Waals surface area contributed by atoms with Crippen LogP contribution in [0, 0.1) is 5.92 Å². The second-order valence-corrected chi connectivity index (χ2v) is 9.83. The van der Waals surface area contributed by atoms with Crippen LogP contribution in [0.4, 0.5) is 4.39 Å². The van der Waals surface area contributed by atoms with Crippen LogP contribution in [0.1, 0.15) is 44.2 Å². The molecule has 5 rings (SSSR count). The Morgan fingerprint density at radius 1 is 1.11 bits per heavy atom. The Morgan fingerprint density at radius 3 is 2.67 bits per heavy atom. The maximum atomic E-state index is 14.3. The van der Waals surface area contributed by atoms with Crippen LogP contribution in [0.15, 0.2) is 29.5 Å². The first-order chi connectivity index (χ1) is 17.5. The number of nitrogens with zero attached hydrogens (tertiary/aromatic N) is 2. The lowest BCUT2D eigenvalue weighted by Gasteiger charge is -2.36. The molecule has 4 atom stereocenters. The molecule has 2 fully saturated rings. The van der Waals surface area contributed by atoms with Gasteiger partial charge in [0.2, 0.25) is 0 Å². The van der Waals surface area contributed by atoms with E-state index in [4.69, 9.17) is 18.9 Å². The summed E-state index contributed by atoms with van der Waals surface area (Å²) in [5.41, 5.74) is 1.11. The number of fused-ring (bicyclic) bond motifs is 1. The SMILES string of the molecule is CCOc1ccc(C2C3=C(OC4CCC(F)CC4C3=O)C(=O)N2CCCN2CCOCC2)cc1OC. The molecule has 0 bridgehead atoms. The van der Waals surface area contributed by atoms with Crippen LogP contribution in [0.2, 0.25) is 0 Å². The van der Waals surface area contributed by atoms with Crippen molar-refractivity contribution >= 4 is 11.7 Å². The zero-order chi connectivity index (χ0) is 25.2. The summed E-state index contributed by atoms with van der Waals surface area (Å²) < 4.78 is 37.1. The van der Waals surface area contributed by atoms with Crippen LogP contribution in [-0.2, 0) is 19.1 Å². The molecule has 1 aromatic carbocycles. The van der Waals surface area contributed by atoms with Crippen LogP contribution in [0.3, 0.4) is 0 Å². The molecule has 3 aliphatic heterocycles. The van der Waals surface area contributed by atoms with E-state index in [2.05, 4.69) is 4.90 Å². The molecule has 0 radical (unpaired) electrons. The van der Waals surface area contributed by atoms with E-state index in [0.29, 0.717) is 56.3 Å². The van der Waals surface area contributed by atoms with E-state index in [1.54, 1.807) is 12.0 Å². The smallest absolute Gasteiger partial charge is 0.290 e. The monoisotopic (exact) mass is 502 g/mol. The molecule has 4 unspecified atom stereocenters. The van der Waals surface area contributed by atoms with E-state index in [9.17, 15) is 14.0 Å². The highest BCUT2D eigenvalue weighted by Crippen LogP contribution is 2.48. The molecular formula is C27H35FN2O6. The van der Waals surface area contributed by atoms with Gasteiger partial charge in [0.25, 0.3) is 5.91 Å². The van der Waals surface area contributed by atoms with Crippen molar-refractivity contribution in [2.75, 3.05) is 53.1 Å². The Morgan fingerprint density at radius 2 is 1.92 bits per heavy atom. The number of ketones is 1. The van der Waals surface area contributed by atoms with Crippen molar-refractivity contribution in [1.82, 2.24) is 9.80 Å². The zero-order valence-electron chi connectivity index (χ0n) is 21.0. The summed E-state index contributed by atoms with van der Waals surface area (Å²) in [7, 11) is 1.56. The van der Waals surface area contributed by atoms with Crippen molar-refractivity contribution in [1.29, 1.82) is 0 Å². The van der Waals surface area contributed by atoms with Gasteiger partial charge in [-0.1, -0.05) is 6.07 Å². The lowest BCUT2D eigenvalue weighted by Crippen LogP contribution is -2.42. The summed E-state index contributed by atoms with van der Waals surface area (Å²) in [6.07, 6.45) is 0.242. The zero-order valence-corrected chi connectivity index (χ0v) is 21.0. The summed E-state index contributed by atoms with van der Waals surface area (Å²) in [6, 6.07) is 4.90. The van der Waals surface area contributed by atoms with E-state index < -0.39 is 24.2 Å². The topological polar surface area (TPSA) is 77.5 Å². The number of carbonyl (C=O) groups is 2.